The number of aliphatic hydroxyl groups is 1. The van der Waals surface area contributed by atoms with Crippen molar-refractivity contribution in [3.8, 4) is 0 Å². The van der Waals surface area contributed by atoms with Gasteiger partial charge < -0.3 is 10.0 Å². The minimum absolute atomic E-state index is 0.148. The van der Waals surface area contributed by atoms with Crippen LogP contribution in [0.1, 0.15) is 37.3 Å². The van der Waals surface area contributed by atoms with Crippen molar-refractivity contribution in [1.29, 1.82) is 0 Å². The summed E-state index contributed by atoms with van der Waals surface area (Å²) in [7, 11) is 0. The first-order chi connectivity index (χ1) is 8.98. The van der Waals surface area contributed by atoms with Gasteiger partial charge in [-0.2, -0.15) is 0 Å². The number of benzene rings is 1. The van der Waals surface area contributed by atoms with Gasteiger partial charge >= 0.3 is 0 Å². The molecular formula is C15H21F2NO. The standard InChI is InChI=1S/C15H21F2NO/c1-3-18-9-4-7-15(19,8-10-18)13-12(16)6-5-11(2)14(13)17/h5-6,19H,3-4,7-10H2,1-2H3. The summed E-state index contributed by atoms with van der Waals surface area (Å²) in [6.45, 7) is 6.08. The molecule has 4 heteroatoms. The zero-order valence-corrected chi connectivity index (χ0v) is 11.5. The van der Waals surface area contributed by atoms with Crippen molar-refractivity contribution < 1.29 is 13.9 Å². The van der Waals surface area contributed by atoms with Gasteiger partial charge in [-0.05, 0) is 50.9 Å². The summed E-state index contributed by atoms with van der Waals surface area (Å²) in [5, 5.41) is 10.7. The van der Waals surface area contributed by atoms with E-state index in [2.05, 4.69) is 11.8 Å². The summed E-state index contributed by atoms with van der Waals surface area (Å²) in [5.41, 5.74) is -1.16. The van der Waals surface area contributed by atoms with Gasteiger partial charge in [0.15, 0.2) is 0 Å². The lowest BCUT2D eigenvalue weighted by molar-refractivity contribution is 0.0142. The summed E-state index contributed by atoms with van der Waals surface area (Å²) in [5.74, 6) is -1.25. The second-order valence-corrected chi connectivity index (χ2v) is 5.37. The summed E-state index contributed by atoms with van der Waals surface area (Å²) < 4.78 is 28.1. The maximum absolute atomic E-state index is 14.2. The average Bonchev–Trinajstić information content (AvgIpc) is 2.57. The Hall–Kier alpha value is -1.00. The lowest BCUT2D eigenvalue weighted by Crippen LogP contribution is -2.31. The molecule has 0 radical (unpaired) electrons. The van der Waals surface area contributed by atoms with Gasteiger partial charge in [0.1, 0.15) is 11.6 Å². The number of halogens is 2. The quantitative estimate of drug-likeness (QED) is 0.892. The largest absolute Gasteiger partial charge is 0.385 e. The van der Waals surface area contributed by atoms with Gasteiger partial charge in [0, 0.05) is 6.54 Å². The van der Waals surface area contributed by atoms with Crippen LogP contribution in [-0.2, 0) is 5.60 Å². The number of hydrogen-bond donors (Lipinski definition) is 1. The Morgan fingerprint density at radius 2 is 2.00 bits per heavy atom. The van der Waals surface area contributed by atoms with Crippen molar-refractivity contribution >= 4 is 0 Å². The van der Waals surface area contributed by atoms with E-state index in [1.807, 2.05) is 0 Å². The monoisotopic (exact) mass is 269 g/mol. The maximum atomic E-state index is 14.2. The van der Waals surface area contributed by atoms with Gasteiger partial charge in [-0.15, -0.1) is 0 Å². The third-order valence-corrected chi connectivity index (χ3v) is 4.10. The predicted molar refractivity (Wildman–Crippen MR) is 71.0 cm³/mol. The SMILES string of the molecule is CCN1CCCC(O)(c2c(F)ccc(C)c2F)CC1. The first-order valence-corrected chi connectivity index (χ1v) is 6.88. The van der Waals surface area contributed by atoms with Crippen molar-refractivity contribution in [1.82, 2.24) is 4.90 Å². The third-order valence-electron chi connectivity index (χ3n) is 4.10. The van der Waals surface area contributed by atoms with E-state index in [4.69, 9.17) is 0 Å². The molecule has 1 unspecified atom stereocenters. The zero-order chi connectivity index (χ0) is 14.0. The van der Waals surface area contributed by atoms with E-state index in [1.54, 1.807) is 6.92 Å². The second kappa shape index (κ2) is 5.55. The molecule has 1 saturated heterocycles. The zero-order valence-electron chi connectivity index (χ0n) is 11.5. The first kappa shape index (κ1) is 14.4. The Balaban J connectivity index is 2.37. The van der Waals surface area contributed by atoms with E-state index in [9.17, 15) is 13.9 Å². The number of aryl methyl sites for hydroxylation is 1. The smallest absolute Gasteiger partial charge is 0.135 e. The molecule has 0 amide bonds. The van der Waals surface area contributed by atoms with Crippen LogP contribution in [0.4, 0.5) is 8.78 Å². The molecule has 2 nitrogen and oxygen atoms in total. The minimum atomic E-state index is -1.38. The Bertz CT molecular complexity index is 464. The van der Waals surface area contributed by atoms with Crippen LogP contribution in [-0.4, -0.2) is 29.6 Å². The average molecular weight is 269 g/mol. The number of likely N-dealkylation sites (tertiary alicyclic amines) is 1. The molecule has 19 heavy (non-hydrogen) atoms. The van der Waals surface area contributed by atoms with E-state index in [0.29, 0.717) is 24.9 Å². The van der Waals surface area contributed by atoms with Gasteiger partial charge in [-0.1, -0.05) is 13.0 Å². The summed E-state index contributed by atoms with van der Waals surface area (Å²) >= 11 is 0. The summed E-state index contributed by atoms with van der Waals surface area (Å²) in [6.07, 6.45) is 1.52. The Labute approximate surface area is 113 Å². The highest BCUT2D eigenvalue weighted by Crippen LogP contribution is 2.36. The lowest BCUT2D eigenvalue weighted by Gasteiger charge is -2.28. The van der Waals surface area contributed by atoms with Gasteiger partial charge in [-0.3, -0.25) is 0 Å². The molecule has 1 atom stereocenters. The first-order valence-electron chi connectivity index (χ1n) is 6.88. The van der Waals surface area contributed by atoms with Crippen molar-refractivity contribution in [2.45, 2.75) is 38.7 Å². The van der Waals surface area contributed by atoms with Crippen LogP contribution in [0, 0.1) is 18.6 Å². The fraction of sp³-hybridized carbons (Fsp3) is 0.600. The normalized spacial score (nSPS) is 25.3. The number of hydrogen-bond acceptors (Lipinski definition) is 2. The van der Waals surface area contributed by atoms with Crippen LogP contribution in [0.15, 0.2) is 12.1 Å². The Kier molecular flexibility index (Phi) is 4.21. The molecular weight excluding hydrogens is 248 g/mol. The third kappa shape index (κ3) is 2.79. The van der Waals surface area contributed by atoms with Crippen LogP contribution in [0.2, 0.25) is 0 Å². The van der Waals surface area contributed by atoms with Crippen molar-refractivity contribution in [2.24, 2.45) is 0 Å². The van der Waals surface area contributed by atoms with E-state index in [-0.39, 0.29) is 5.56 Å². The molecule has 1 aromatic rings. The molecule has 0 aromatic heterocycles. The van der Waals surface area contributed by atoms with Crippen LogP contribution < -0.4 is 0 Å². The van der Waals surface area contributed by atoms with E-state index in [1.165, 1.54) is 12.1 Å². The molecule has 1 aliphatic rings. The highest BCUT2D eigenvalue weighted by atomic mass is 19.1. The second-order valence-electron chi connectivity index (χ2n) is 5.37. The van der Waals surface area contributed by atoms with Crippen molar-refractivity contribution in [3.63, 3.8) is 0 Å². The summed E-state index contributed by atoms with van der Waals surface area (Å²) in [4.78, 5) is 2.20. The fourth-order valence-electron chi connectivity index (χ4n) is 2.82. The highest BCUT2D eigenvalue weighted by Gasteiger charge is 2.37. The Morgan fingerprint density at radius 3 is 2.68 bits per heavy atom. The minimum Gasteiger partial charge on any atom is -0.385 e. The summed E-state index contributed by atoms with van der Waals surface area (Å²) in [6, 6.07) is 2.65. The molecule has 1 N–H and O–H groups in total. The highest BCUT2D eigenvalue weighted by molar-refractivity contribution is 5.31. The van der Waals surface area contributed by atoms with Crippen LogP contribution in [0.25, 0.3) is 0 Å². The molecule has 0 spiro atoms. The van der Waals surface area contributed by atoms with Gasteiger partial charge in [0.25, 0.3) is 0 Å². The van der Waals surface area contributed by atoms with Crippen LogP contribution in [0.5, 0.6) is 0 Å². The lowest BCUT2D eigenvalue weighted by atomic mass is 9.85. The van der Waals surface area contributed by atoms with Crippen molar-refractivity contribution in [3.05, 3.63) is 34.9 Å². The topological polar surface area (TPSA) is 23.5 Å². The van der Waals surface area contributed by atoms with Crippen molar-refractivity contribution in [2.75, 3.05) is 19.6 Å². The fourth-order valence-corrected chi connectivity index (χ4v) is 2.82. The molecule has 1 aromatic carbocycles. The van der Waals surface area contributed by atoms with E-state index < -0.39 is 17.2 Å². The molecule has 0 aliphatic carbocycles. The number of nitrogens with zero attached hydrogens (tertiary/aromatic N) is 1. The van der Waals surface area contributed by atoms with Gasteiger partial charge in [0.2, 0.25) is 0 Å². The molecule has 1 fully saturated rings. The molecule has 1 aliphatic heterocycles. The van der Waals surface area contributed by atoms with Crippen LogP contribution in [0.3, 0.4) is 0 Å². The Morgan fingerprint density at radius 1 is 1.26 bits per heavy atom. The maximum Gasteiger partial charge on any atom is 0.135 e. The predicted octanol–water partition coefficient (Wildman–Crippen LogP) is 2.97. The number of rotatable bonds is 2. The van der Waals surface area contributed by atoms with E-state index in [0.717, 1.165) is 19.5 Å². The molecule has 0 saturated carbocycles. The van der Waals surface area contributed by atoms with Gasteiger partial charge in [-0.25, -0.2) is 8.78 Å². The molecule has 2 rings (SSSR count). The van der Waals surface area contributed by atoms with E-state index >= 15 is 0 Å². The van der Waals surface area contributed by atoms with Gasteiger partial charge in [0.05, 0.1) is 11.2 Å². The molecule has 106 valence electrons. The molecule has 0 bridgehead atoms. The molecule has 1 heterocycles. The van der Waals surface area contributed by atoms with Crippen LogP contribution >= 0.6 is 0 Å².